The molecule has 16 nitrogen and oxygen atoms in total. The number of likely N-dealkylation sites (N-methyl/N-ethyl adjacent to an activating group) is 1. The topological polar surface area (TPSA) is 286 Å². The van der Waals surface area contributed by atoms with Crippen molar-refractivity contribution in [3.63, 3.8) is 0 Å². The van der Waals surface area contributed by atoms with Gasteiger partial charge >= 0.3 is 0 Å². The normalized spacial score (nSPS) is 46.2. The highest BCUT2D eigenvalue weighted by Gasteiger charge is 2.51. The van der Waals surface area contributed by atoms with Crippen LogP contribution in [0.15, 0.2) is 0 Å². The van der Waals surface area contributed by atoms with Crippen LogP contribution in [-0.4, -0.2) is 155 Å². The van der Waals surface area contributed by atoms with Crippen molar-refractivity contribution in [3.05, 3.63) is 0 Å². The summed E-state index contributed by atoms with van der Waals surface area (Å²) in [5, 5.41) is 68.4. The highest BCUT2D eigenvalue weighted by Crippen LogP contribution is 2.31. The molecule has 0 aromatic heterocycles. The molecule has 0 spiro atoms. The van der Waals surface area contributed by atoms with Crippen LogP contribution in [0.2, 0.25) is 0 Å². The van der Waals surface area contributed by atoms with E-state index in [-0.39, 0.29) is 25.9 Å². The highest BCUT2D eigenvalue weighted by molar-refractivity contribution is 5.02. The largest absolute Gasteiger partial charge is 0.394 e. The Morgan fingerprint density at radius 2 is 1.56 bits per heavy atom. The van der Waals surface area contributed by atoms with Crippen LogP contribution in [0.1, 0.15) is 19.8 Å². The van der Waals surface area contributed by atoms with Crippen molar-refractivity contribution in [1.29, 1.82) is 0 Å². The lowest BCUT2D eigenvalue weighted by Gasteiger charge is -2.48. The Balaban J connectivity index is 1.78. The lowest BCUT2D eigenvalue weighted by molar-refractivity contribution is -0.316. The molecular weight excluding hydrogens is 520 g/mol. The minimum atomic E-state index is -1.48. The van der Waals surface area contributed by atoms with E-state index in [4.69, 9.17) is 41.9 Å². The smallest absolute Gasteiger partial charge is 0.186 e. The molecule has 1 saturated carbocycles. The van der Waals surface area contributed by atoms with E-state index in [1.165, 1.54) is 0 Å². The molecule has 1 aliphatic carbocycles. The lowest BCUT2D eigenvalue weighted by Crippen LogP contribution is -2.69. The van der Waals surface area contributed by atoms with Crippen molar-refractivity contribution in [2.75, 3.05) is 32.8 Å². The first kappa shape index (κ1) is 32.9. The van der Waals surface area contributed by atoms with E-state index in [0.29, 0.717) is 13.1 Å². The van der Waals surface area contributed by atoms with E-state index in [9.17, 15) is 30.6 Å². The Bertz CT molecular complexity index is 731. The maximum Gasteiger partial charge on any atom is 0.186 e. The third-order valence-electron chi connectivity index (χ3n) is 7.62. The summed E-state index contributed by atoms with van der Waals surface area (Å²) in [6, 6.07) is -3.25. The molecular formula is C23H48N6O10. The van der Waals surface area contributed by atoms with Crippen molar-refractivity contribution < 1.29 is 49.6 Å². The van der Waals surface area contributed by atoms with Crippen LogP contribution in [0.3, 0.4) is 0 Å². The van der Waals surface area contributed by atoms with Crippen LogP contribution in [-0.2, 0) is 18.9 Å². The maximum absolute atomic E-state index is 11.4. The van der Waals surface area contributed by atoms with Crippen molar-refractivity contribution in [2.24, 2.45) is 22.9 Å². The molecule has 0 radical (unpaired) electrons. The third-order valence-corrected chi connectivity index (χ3v) is 7.62. The van der Waals surface area contributed by atoms with Crippen LogP contribution in [0.4, 0.5) is 0 Å². The monoisotopic (exact) mass is 568 g/mol. The summed E-state index contributed by atoms with van der Waals surface area (Å²) >= 11 is 0. The van der Waals surface area contributed by atoms with Crippen molar-refractivity contribution in [3.8, 4) is 0 Å². The number of aliphatic hydroxyl groups excluding tert-OH is 6. The average molecular weight is 569 g/mol. The molecule has 2 aliphatic heterocycles. The number of hydrogen-bond donors (Lipinski definition) is 12. The fourth-order valence-electron chi connectivity index (χ4n) is 5.21. The number of rotatable bonds is 12. The molecule has 3 fully saturated rings. The number of aliphatic hydroxyl groups is 6. The molecule has 3 aliphatic rings. The fourth-order valence-corrected chi connectivity index (χ4v) is 5.21. The van der Waals surface area contributed by atoms with Gasteiger partial charge in [0.25, 0.3) is 0 Å². The van der Waals surface area contributed by atoms with E-state index >= 15 is 0 Å². The first-order valence-corrected chi connectivity index (χ1v) is 13.6. The molecule has 16 N–H and O–H groups in total. The summed E-state index contributed by atoms with van der Waals surface area (Å²) < 4.78 is 23.6. The van der Waals surface area contributed by atoms with Gasteiger partial charge in [-0.25, -0.2) is 0 Å². The van der Waals surface area contributed by atoms with Crippen molar-refractivity contribution in [1.82, 2.24) is 10.6 Å². The SMILES string of the molecule is CCNC[C@H]1O[C@H](O[C@H]2[C@H](O)[C@@H](O[C@H]3O[C@H](CO)[C@@H](O)[C@H](N)[C@H]3O)[C@H](NCC(O)CN)C[C@@H]2N)[C@H](N)C[C@@H]1O. The zero-order valence-corrected chi connectivity index (χ0v) is 22.2. The molecule has 0 aromatic carbocycles. The van der Waals surface area contributed by atoms with E-state index < -0.39 is 98.3 Å². The van der Waals surface area contributed by atoms with Crippen LogP contribution in [0, 0.1) is 0 Å². The third kappa shape index (κ3) is 8.01. The van der Waals surface area contributed by atoms with E-state index in [1.807, 2.05) is 6.92 Å². The second-order valence-electron chi connectivity index (χ2n) is 10.6. The molecule has 0 bridgehead atoms. The Morgan fingerprint density at radius 1 is 0.897 bits per heavy atom. The molecule has 15 atom stereocenters. The number of hydrogen-bond acceptors (Lipinski definition) is 16. The quantitative estimate of drug-likeness (QED) is 0.104. The zero-order chi connectivity index (χ0) is 28.9. The summed E-state index contributed by atoms with van der Waals surface area (Å²) in [5.41, 5.74) is 24.1. The molecule has 39 heavy (non-hydrogen) atoms. The lowest BCUT2D eigenvalue weighted by atomic mass is 9.83. The van der Waals surface area contributed by atoms with Crippen LogP contribution < -0.4 is 33.6 Å². The molecule has 3 rings (SSSR count). The fraction of sp³-hybridized carbons (Fsp3) is 1.00. The molecule has 2 saturated heterocycles. The Hall–Kier alpha value is -0.640. The Labute approximate surface area is 227 Å². The van der Waals surface area contributed by atoms with Gasteiger partial charge in [-0.1, -0.05) is 6.92 Å². The predicted molar refractivity (Wildman–Crippen MR) is 137 cm³/mol. The maximum atomic E-state index is 11.4. The summed E-state index contributed by atoms with van der Waals surface area (Å²) in [5.74, 6) is 0. The van der Waals surface area contributed by atoms with Gasteiger partial charge in [0.05, 0.1) is 37.0 Å². The Kier molecular flexibility index (Phi) is 12.7. The molecule has 230 valence electrons. The van der Waals surface area contributed by atoms with Gasteiger partial charge < -0.3 is 83.2 Å². The zero-order valence-electron chi connectivity index (χ0n) is 22.2. The summed E-state index contributed by atoms with van der Waals surface area (Å²) in [6.07, 6.45) is -11.7. The van der Waals surface area contributed by atoms with Gasteiger partial charge in [-0.2, -0.15) is 0 Å². The Morgan fingerprint density at radius 3 is 2.21 bits per heavy atom. The van der Waals surface area contributed by atoms with Gasteiger partial charge in [0.1, 0.15) is 36.6 Å². The number of nitrogens with one attached hydrogen (secondary N) is 2. The van der Waals surface area contributed by atoms with Crippen molar-refractivity contribution >= 4 is 0 Å². The molecule has 0 aromatic rings. The van der Waals surface area contributed by atoms with Gasteiger partial charge in [0.15, 0.2) is 12.6 Å². The minimum Gasteiger partial charge on any atom is -0.394 e. The van der Waals surface area contributed by atoms with Gasteiger partial charge in [-0.05, 0) is 19.4 Å². The van der Waals surface area contributed by atoms with Crippen LogP contribution in [0.25, 0.3) is 0 Å². The predicted octanol–water partition coefficient (Wildman–Crippen LogP) is -6.69. The van der Waals surface area contributed by atoms with E-state index in [0.717, 1.165) is 0 Å². The van der Waals surface area contributed by atoms with E-state index in [1.54, 1.807) is 0 Å². The molecule has 2 heterocycles. The van der Waals surface area contributed by atoms with E-state index in [2.05, 4.69) is 10.6 Å². The highest BCUT2D eigenvalue weighted by atomic mass is 16.7. The summed E-state index contributed by atoms with van der Waals surface area (Å²) in [7, 11) is 0. The summed E-state index contributed by atoms with van der Waals surface area (Å²) in [6.45, 7) is 2.46. The molecule has 16 heteroatoms. The van der Waals surface area contributed by atoms with Crippen LogP contribution in [0.5, 0.6) is 0 Å². The second-order valence-corrected chi connectivity index (χ2v) is 10.6. The van der Waals surface area contributed by atoms with Gasteiger partial charge in [0, 0.05) is 31.7 Å². The average Bonchev–Trinajstić information content (AvgIpc) is 2.91. The van der Waals surface area contributed by atoms with Gasteiger partial charge in [-0.3, -0.25) is 0 Å². The van der Waals surface area contributed by atoms with Crippen molar-refractivity contribution in [2.45, 2.75) is 111 Å². The molecule has 1 unspecified atom stereocenters. The minimum absolute atomic E-state index is 0.00221. The first-order chi connectivity index (χ1) is 18.5. The molecule has 0 amide bonds. The second kappa shape index (κ2) is 15.0. The standard InChI is InChI=1S/C23H48N6O10/c1-2-28-7-14-13(32)4-11(26)22(36-14)38-20-10(25)3-12(29-6-9(31)5-24)21(19(20)35)39-23-18(34)16(27)17(33)15(8-30)37-23/h9-23,28-35H,2-8,24-27H2,1H3/t9?,10-,11+,12+,13-,14+,15+,16-,17+,18+,19-,20+,21-,22+,23+/m0/s1. The summed E-state index contributed by atoms with van der Waals surface area (Å²) in [4.78, 5) is 0. The van der Waals surface area contributed by atoms with Crippen LogP contribution >= 0.6 is 0 Å². The van der Waals surface area contributed by atoms with Gasteiger partial charge in [-0.15, -0.1) is 0 Å². The van der Waals surface area contributed by atoms with Gasteiger partial charge in [0.2, 0.25) is 0 Å². The number of ether oxygens (including phenoxy) is 4. The first-order valence-electron chi connectivity index (χ1n) is 13.6. The number of nitrogens with two attached hydrogens (primary N) is 4.